The standard InChI is InChI=1S/C24H40N4O3.HI/c1-6-25-24(26-12-7-9-18(2)3)27-13-8-10-23(29)28-14-11-19-15-21(30-4)22(31-5)16-20(19)17-28;/h15-16,18H,6-14,17H2,1-5H3,(H2,25,26,27);1H. The van der Waals surface area contributed by atoms with Crippen molar-refractivity contribution in [3.05, 3.63) is 23.3 Å². The third kappa shape index (κ3) is 9.03. The molecule has 0 radical (unpaired) electrons. The van der Waals surface area contributed by atoms with Gasteiger partial charge in [0.2, 0.25) is 5.91 Å². The van der Waals surface area contributed by atoms with Gasteiger partial charge in [0.05, 0.1) is 14.2 Å². The molecule has 0 fully saturated rings. The van der Waals surface area contributed by atoms with Gasteiger partial charge in [-0.25, -0.2) is 0 Å². The molecule has 7 nitrogen and oxygen atoms in total. The number of hydrogen-bond donors (Lipinski definition) is 2. The van der Waals surface area contributed by atoms with Crippen LogP contribution in [-0.4, -0.2) is 57.2 Å². The molecule has 1 aromatic carbocycles. The fourth-order valence-electron chi connectivity index (χ4n) is 3.73. The van der Waals surface area contributed by atoms with Crippen LogP contribution in [0.2, 0.25) is 0 Å². The molecular formula is C24H41IN4O3. The Balaban J connectivity index is 0.00000512. The first-order valence-corrected chi connectivity index (χ1v) is 11.5. The predicted molar refractivity (Wildman–Crippen MR) is 141 cm³/mol. The van der Waals surface area contributed by atoms with Crippen LogP contribution in [0.1, 0.15) is 57.6 Å². The van der Waals surface area contributed by atoms with Crippen LogP contribution in [0, 0.1) is 5.92 Å². The van der Waals surface area contributed by atoms with Crippen LogP contribution in [-0.2, 0) is 17.8 Å². The second kappa shape index (κ2) is 15.2. The lowest BCUT2D eigenvalue weighted by Crippen LogP contribution is -2.38. The minimum atomic E-state index is 0. The van der Waals surface area contributed by atoms with Gasteiger partial charge in [-0.1, -0.05) is 13.8 Å². The zero-order valence-corrected chi connectivity index (χ0v) is 22.7. The van der Waals surface area contributed by atoms with Crippen molar-refractivity contribution in [2.45, 2.75) is 59.4 Å². The number of hydrogen-bond acceptors (Lipinski definition) is 4. The number of rotatable bonds is 11. The van der Waals surface area contributed by atoms with Crippen LogP contribution >= 0.6 is 24.0 Å². The normalized spacial score (nSPS) is 13.3. The zero-order valence-electron chi connectivity index (χ0n) is 20.3. The molecule has 1 aliphatic heterocycles. The summed E-state index contributed by atoms with van der Waals surface area (Å²) in [7, 11) is 3.28. The van der Waals surface area contributed by atoms with E-state index in [0.717, 1.165) is 62.1 Å². The van der Waals surface area contributed by atoms with Crippen molar-refractivity contribution >= 4 is 35.8 Å². The van der Waals surface area contributed by atoms with E-state index < -0.39 is 0 Å². The number of amides is 1. The van der Waals surface area contributed by atoms with Crippen molar-refractivity contribution in [2.75, 3.05) is 40.4 Å². The van der Waals surface area contributed by atoms with Crippen molar-refractivity contribution in [1.29, 1.82) is 0 Å². The largest absolute Gasteiger partial charge is 0.493 e. The molecular weight excluding hydrogens is 519 g/mol. The fourth-order valence-corrected chi connectivity index (χ4v) is 3.73. The summed E-state index contributed by atoms with van der Waals surface area (Å²) in [6, 6.07) is 4.02. The summed E-state index contributed by atoms with van der Waals surface area (Å²) in [6.45, 7) is 10.3. The van der Waals surface area contributed by atoms with Crippen LogP contribution in [0.4, 0.5) is 0 Å². The van der Waals surface area contributed by atoms with E-state index >= 15 is 0 Å². The smallest absolute Gasteiger partial charge is 0.222 e. The van der Waals surface area contributed by atoms with Gasteiger partial charge < -0.3 is 25.0 Å². The van der Waals surface area contributed by atoms with Gasteiger partial charge in [-0.05, 0) is 61.8 Å². The minimum Gasteiger partial charge on any atom is -0.493 e. The second-order valence-corrected chi connectivity index (χ2v) is 8.37. The van der Waals surface area contributed by atoms with Crippen LogP contribution in [0.25, 0.3) is 0 Å². The third-order valence-electron chi connectivity index (χ3n) is 5.48. The Labute approximate surface area is 210 Å². The van der Waals surface area contributed by atoms with E-state index in [1.54, 1.807) is 14.2 Å². The maximum atomic E-state index is 12.7. The quantitative estimate of drug-likeness (QED) is 0.186. The Morgan fingerprint density at radius 3 is 2.44 bits per heavy atom. The molecule has 0 aromatic heterocycles. The Morgan fingerprint density at radius 1 is 1.12 bits per heavy atom. The van der Waals surface area contributed by atoms with Gasteiger partial charge in [-0.3, -0.25) is 9.79 Å². The van der Waals surface area contributed by atoms with Gasteiger partial charge in [-0.2, -0.15) is 0 Å². The minimum absolute atomic E-state index is 0. The Bertz CT molecular complexity index is 740. The molecule has 0 spiro atoms. The van der Waals surface area contributed by atoms with E-state index in [1.165, 1.54) is 12.0 Å². The maximum absolute atomic E-state index is 12.7. The van der Waals surface area contributed by atoms with Gasteiger partial charge in [0.15, 0.2) is 17.5 Å². The summed E-state index contributed by atoms with van der Waals surface area (Å²) in [5.74, 6) is 3.20. The van der Waals surface area contributed by atoms with Crippen molar-refractivity contribution in [2.24, 2.45) is 10.9 Å². The van der Waals surface area contributed by atoms with Crippen LogP contribution in [0.15, 0.2) is 17.1 Å². The lowest BCUT2D eigenvalue weighted by atomic mass is 9.98. The molecule has 8 heteroatoms. The average Bonchev–Trinajstić information content (AvgIpc) is 2.77. The monoisotopic (exact) mass is 560 g/mol. The highest BCUT2D eigenvalue weighted by Crippen LogP contribution is 2.33. The predicted octanol–water partition coefficient (Wildman–Crippen LogP) is 3.98. The van der Waals surface area contributed by atoms with Gasteiger partial charge in [0, 0.05) is 39.1 Å². The molecule has 1 aromatic rings. The molecule has 1 amide bonds. The molecule has 2 N–H and O–H groups in total. The number of guanidine groups is 1. The van der Waals surface area contributed by atoms with Crippen molar-refractivity contribution < 1.29 is 14.3 Å². The van der Waals surface area contributed by atoms with Gasteiger partial charge in [0.1, 0.15) is 0 Å². The summed E-state index contributed by atoms with van der Waals surface area (Å²) < 4.78 is 10.8. The zero-order chi connectivity index (χ0) is 22.6. The molecule has 2 rings (SSSR count). The number of halogens is 1. The maximum Gasteiger partial charge on any atom is 0.222 e. The van der Waals surface area contributed by atoms with E-state index in [9.17, 15) is 4.79 Å². The molecule has 1 heterocycles. The number of nitrogens with one attached hydrogen (secondary N) is 2. The SMILES string of the molecule is CCNC(=NCCCC(=O)N1CCc2cc(OC)c(OC)cc2C1)NCCCC(C)C.I. The molecule has 0 saturated heterocycles. The Kier molecular flexibility index (Phi) is 13.4. The first-order chi connectivity index (χ1) is 15.0. The summed E-state index contributed by atoms with van der Waals surface area (Å²) in [5, 5.41) is 6.65. The summed E-state index contributed by atoms with van der Waals surface area (Å²) in [6.07, 6.45) is 4.44. The molecule has 182 valence electrons. The number of carbonyl (C=O) groups excluding carboxylic acids is 1. The molecule has 0 atom stereocenters. The number of nitrogens with zero attached hydrogens (tertiary/aromatic N) is 2. The molecule has 0 bridgehead atoms. The van der Waals surface area contributed by atoms with E-state index in [4.69, 9.17) is 9.47 Å². The fraction of sp³-hybridized carbons (Fsp3) is 0.667. The van der Waals surface area contributed by atoms with Crippen LogP contribution in [0.3, 0.4) is 0 Å². The molecule has 0 unspecified atom stereocenters. The highest BCUT2D eigenvalue weighted by molar-refractivity contribution is 14.0. The number of methoxy groups -OCH3 is 2. The van der Waals surface area contributed by atoms with E-state index in [0.29, 0.717) is 25.3 Å². The van der Waals surface area contributed by atoms with Gasteiger partial charge in [0.25, 0.3) is 0 Å². The molecule has 1 aliphatic rings. The average molecular weight is 561 g/mol. The Hall–Kier alpha value is -1.71. The number of benzene rings is 1. The summed E-state index contributed by atoms with van der Waals surface area (Å²) >= 11 is 0. The van der Waals surface area contributed by atoms with Gasteiger partial charge >= 0.3 is 0 Å². The van der Waals surface area contributed by atoms with Crippen molar-refractivity contribution in [3.8, 4) is 11.5 Å². The topological polar surface area (TPSA) is 75.2 Å². The second-order valence-electron chi connectivity index (χ2n) is 8.37. The lowest BCUT2D eigenvalue weighted by Gasteiger charge is -2.29. The van der Waals surface area contributed by atoms with E-state index in [1.807, 2.05) is 17.0 Å². The number of carbonyl (C=O) groups is 1. The number of aliphatic imine (C=N–C) groups is 1. The van der Waals surface area contributed by atoms with E-state index in [2.05, 4.69) is 36.4 Å². The van der Waals surface area contributed by atoms with E-state index in [-0.39, 0.29) is 29.9 Å². The van der Waals surface area contributed by atoms with Gasteiger partial charge in [-0.15, -0.1) is 24.0 Å². The summed E-state index contributed by atoms with van der Waals surface area (Å²) in [4.78, 5) is 19.3. The van der Waals surface area contributed by atoms with Crippen molar-refractivity contribution in [1.82, 2.24) is 15.5 Å². The number of ether oxygens (including phenoxy) is 2. The third-order valence-corrected chi connectivity index (χ3v) is 5.48. The van der Waals surface area contributed by atoms with Crippen LogP contribution in [0.5, 0.6) is 11.5 Å². The Morgan fingerprint density at radius 2 is 1.81 bits per heavy atom. The van der Waals surface area contributed by atoms with Crippen LogP contribution < -0.4 is 20.1 Å². The summed E-state index contributed by atoms with van der Waals surface area (Å²) in [5.41, 5.74) is 2.36. The van der Waals surface area contributed by atoms with Crippen molar-refractivity contribution in [3.63, 3.8) is 0 Å². The first-order valence-electron chi connectivity index (χ1n) is 11.5. The number of fused-ring (bicyclic) bond motifs is 1. The molecule has 0 saturated carbocycles. The molecule has 32 heavy (non-hydrogen) atoms. The highest BCUT2D eigenvalue weighted by atomic mass is 127. The first kappa shape index (κ1) is 28.3. The lowest BCUT2D eigenvalue weighted by molar-refractivity contribution is -0.132. The molecule has 0 aliphatic carbocycles. The highest BCUT2D eigenvalue weighted by Gasteiger charge is 2.22.